The van der Waals surface area contributed by atoms with Crippen molar-refractivity contribution in [2.75, 3.05) is 0 Å². The number of hydrogen-bond donors (Lipinski definition) is 2. The Kier molecular flexibility index (Phi) is 36.0. The topological polar surface area (TPSA) is 52.0 Å². The lowest BCUT2D eigenvalue weighted by Gasteiger charge is -1.81. The van der Waals surface area contributed by atoms with E-state index in [4.69, 9.17) is 11.5 Å². The van der Waals surface area contributed by atoms with E-state index in [0.717, 1.165) is 0 Å². The van der Waals surface area contributed by atoms with Crippen molar-refractivity contribution in [3.05, 3.63) is 0 Å². The SMILES string of the molecule is C.C.CC(C)N.CC(C)N. The van der Waals surface area contributed by atoms with Crippen LogP contribution in [0.4, 0.5) is 0 Å². The summed E-state index contributed by atoms with van der Waals surface area (Å²) in [5.74, 6) is 0. The normalized spacial score (nSPS) is 7.20. The largest absolute Gasteiger partial charge is 0.328 e. The molecule has 0 heterocycles. The summed E-state index contributed by atoms with van der Waals surface area (Å²) < 4.78 is 0. The first-order chi connectivity index (χ1) is 3.46. The molecule has 0 atom stereocenters. The molecule has 0 aliphatic carbocycles. The third-order valence-electron chi connectivity index (χ3n) is 0. The highest BCUT2D eigenvalue weighted by Gasteiger charge is 1.67. The fraction of sp³-hybridized carbons (Fsp3) is 1.00. The molecule has 0 spiro atoms. The van der Waals surface area contributed by atoms with Gasteiger partial charge < -0.3 is 11.5 Å². The molecule has 2 nitrogen and oxygen atoms in total. The lowest BCUT2D eigenvalue weighted by molar-refractivity contribution is 0.834. The van der Waals surface area contributed by atoms with Gasteiger partial charge in [-0.05, 0) is 12.1 Å². The molecule has 0 amide bonds. The van der Waals surface area contributed by atoms with Crippen molar-refractivity contribution in [3.8, 4) is 0 Å². The van der Waals surface area contributed by atoms with Crippen LogP contribution in [0.2, 0.25) is 0 Å². The van der Waals surface area contributed by atoms with Gasteiger partial charge in [-0.25, -0.2) is 0 Å². The van der Waals surface area contributed by atoms with Gasteiger partial charge >= 0.3 is 0 Å². The minimum atomic E-state index is 0. The van der Waals surface area contributed by atoms with Crippen LogP contribution >= 0.6 is 0 Å². The fourth-order valence-corrected chi connectivity index (χ4v) is 0. The molecule has 0 unspecified atom stereocenters. The summed E-state index contributed by atoms with van der Waals surface area (Å²) in [7, 11) is 0. The second-order valence-corrected chi connectivity index (χ2v) is 2.49. The number of hydrogen-bond acceptors (Lipinski definition) is 2. The maximum atomic E-state index is 5.11. The van der Waals surface area contributed by atoms with Gasteiger partial charge in [0.25, 0.3) is 0 Å². The third kappa shape index (κ3) is 59300. The maximum absolute atomic E-state index is 5.11. The Morgan fingerprint density at radius 1 is 0.700 bits per heavy atom. The average Bonchev–Trinajstić information content (AvgIpc) is 1.25. The second kappa shape index (κ2) is 16.0. The number of nitrogens with two attached hydrogens (primary N) is 2. The summed E-state index contributed by atoms with van der Waals surface area (Å²) in [6.45, 7) is 7.78. The molecule has 2 heteroatoms. The first-order valence-corrected chi connectivity index (χ1v) is 2.98. The van der Waals surface area contributed by atoms with Gasteiger partial charge in [-0.15, -0.1) is 0 Å². The first kappa shape index (κ1) is 22.5. The molecule has 0 aromatic rings. The highest BCUT2D eigenvalue weighted by atomic mass is 14.6. The van der Waals surface area contributed by atoms with Crippen molar-refractivity contribution in [1.29, 1.82) is 0 Å². The van der Waals surface area contributed by atoms with E-state index in [1.165, 1.54) is 0 Å². The molecule has 0 aliphatic rings. The Morgan fingerprint density at radius 3 is 0.700 bits per heavy atom. The van der Waals surface area contributed by atoms with Gasteiger partial charge in [0.2, 0.25) is 0 Å². The highest BCUT2D eigenvalue weighted by Crippen LogP contribution is 1.58. The van der Waals surface area contributed by atoms with Crippen LogP contribution in [0.25, 0.3) is 0 Å². The maximum Gasteiger partial charge on any atom is -0.00179 e. The van der Waals surface area contributed by atoms with E-state index in [1.807, 2.05) is 27.7 Å². The monoisotopic (exact) mass is 150 g/mol. The summed E-state index contributed by atoms with van der Waals surface area (Å²) in [6, 6.07) is 0.667. The van der Waals surface area contributed by atoms with E-state index in [1.54, 1.807) is 0 Å². The van der Waals surface area contributed by atoms with Crippen LogP contribution in [0.1, 0.15) is 42.5 Å². The van der Waals surface area contributed by atoms with Crippen molar-refractivity contribution in [2.24, 2.45) is 11.5 Å². The molecule has 10 heavy (non-hydrogen) atoms. The molecule has 0 saturated carbocycles. The Bertz CT molecular complexity index is 22.7. The van der Waals surface area contributed by atoms with E-state index in [-0.39, 0.29) is 14.9 Å². The Labute approximate surface area is 67.0 Å². The van der Waals surface area contributed by atoms with E-state index < -0.39 is 0 Å². The molecule has 0 fully saturated rings. The zero-order valence-corrected chi connectivity index (χ0v) is 6.31. The summed E-state index contributed by atoms with van der Waals surface area (Å²) in [5.41, 5.74) is 10.2. The van der Waals surface area contributed by atoms with Crippen molar-refractivity contribution in [3.63, 3.8) is 0 Å². The van der Waals surface area contributed by atoms with Gasteiger partial charge in [0.05, 0.1) is 0 Å². The molecular weight excluding hydrogens is 124 g/mol. The van der Waals surface area contributed by atoms with E-state index in [9.17, 15) is 0 Å². The van der Waals surface area contributed by atoms with Crippen molar-refractivity contribution in [2.45, 2.75) is 54.6 Å². The molecule has 0 rings (SSSR count). The van der Waals surface area contributed by atoms with Crippen LogP contribution in [-0.2, 0) is 0 Å². The summed E-state index contributed by atoms with van der Waals surface area (Å²) in [6.07, 6.45) is 0. The van der Waals surface area contributed by atoms with Gasteiger partial charge in [-0.3, -0.25) is 0 Å². The molecule has 68 valence electrons. The molecule has 0 aromatic carbocycles. The van der Waals surface area contributed by atoms with Crippen molar-refractivity contribution < 1.29 is 0 Å². The second-order valence-electron chi connectivity index (χ2n) is 2.49. The van der Waals surface area contributed by atoms with Crippen LogP contribution in [0.5, 0.6) is 0 Å². The fourth-order valence-electron chi connectivity index (χ4n) is 0. The average molecular weight is 150 g/mol. The zero-order chi connectivity index (χ0) is 7.15. The van der Waals surface area contributed by atoms with Gasteiger partial charge in [-0.2, -0.15) is 0 Å². The van der Waals surface area contributed by atoms with Crippen LogP contribution in [0, 0.1) is 0 Å². The van der Waals surface area contributed by atoms with Crippen LogP contribution in [0.15, 0.2) is 0 Å². The van der Waals surface area contributed by atoms with Crippen LogP contribution < -0.4 is 11.5 Å². The summed E-state index contributed by atoms with van der Waals surface area (Å²) in [5, 5.41) is 0. The molecule has 0 aliphatic heterocycles. The lowest BCUT2D eigenvalue weighted by Crippen LogP contribution is -2.07. The Hall–Kier alpha value is -0.0800. The molecule has 0 radical (unpaired) electrons. The number of rotatable bonds is 0. The third-order valence-corrected chi connectivity index (χ3v) is 0. The van der Waals surface area contributed by atoms with Gasteiger partial charge in [0.15, 0.2) is 0 Å². The Balaban J connectivity index is -0.0000000300. The molecule has 0 bridgehead atoms. The predicted octanol–water partition coefficient (Wildman–Crippen LogP) is 1.98. The quantitative estimate of drug-likeness (QED) is 0.555. The molecule has 0 saturated heterocycles. The minimum Gasteiger partial charge on any atom is -0.328 e. The van der Waals surface area contributed by atoms with E-state index in [0.29, 0.717) is 12.1 Å². The molecule has 0 aromatic heterocycles. The minimum absolute atomic E-state index is 0. The summed E-state index contributed by atoms with van der Waals surface area (Å²) in [4.78, 5) is 0. The van der Waals surface area contributed by atoms with Crippen LogP contribution in [0.3, 0.4) is 0 Å². The van der Waals surface area contributed by atoms with Gasteiger partial charge in [-0.1, -0.05) is 42.5 Å². The van der Waals surface area contributed by atoms with Crippen molar-refractivity contribution in [1.82, 2.24) is 0 Å². The summed E-state index contributed by atoms with van der Waals surface area (Å²) >= 11 is 0. The van der Waals surface area contributed by atoms with Gasteiger partial charge in [0, 0.05) is 0 Å². The Morgan fingerprint density at radius 2 is 0.700 bits per heavy atom. The van der Waals surface area contributed by atoms with Crippen molar-refractivity contribution >= 4 is 0 Å². The lowest BCUT2D eigenvalue weighted by atomic mass is 10.4. The predicted molar refractivity (Wildman–Crippen MR) is 52.1 cm³/mol. The smallest absolute Gasteiger partial charge is 0.00179 e. The van der Waals surface area contributed by atoms with E-state index >= 15 is 0 Å². The molecular formula is C8H26N2. The van der Waals surface area contributed by atoms with Gasteiger partial charge in [0.1, 0.15) is 0 Å². The van der Waals surface area contributed by atoms with E-state index in [2.05, 4.69) is 0 Å². The highest BCUT2D eigenvalue weighted by molar-refractivity contribution is 4.32. The first-order valence-electron chi connectivity index (χ1n) is 2.98. The standard InChI is InChI=1S/2C3H9N.2CH4/c2*1-3(2)4;;/h2*3H,4H2,1-2H3;2*1H4. The zero-order valence-electron chi connectivity index (χ0n) is 6.31. The van der Waals surface area contributed by atoms with Crippen LogP contribution in [-0.4, -0.2) is 12.1 Å². The molecule has 4 N–H and O–H groups in total.